The van der Waals surface area contributed by atoms with Crippen molar-refractivity contribution >= 4 is 21.1 Å². The van der Waals surface area contributed by atoms with E-state index in [4.69, 9.17) is 9.72 Å². The molecule has 7 heteroatoms. The zero-order valence-electron chi connectivity index (χ0n) is 17.1. The molecule has 1 aromatic carbocycles. The lowest BCUT2D eigenvalue weighted by molar-refractivity contribution is 0.0611. The summed E-state index contributed by atoms with van der Waals surface area (Å²) in [6, 6.07) is 5.46. The molecule has 6 nitrogen and oxygen atoms in total. The van der Waals surface area contributed by atoms with E-state index in [9.17, 15) is 8.42 Å². The molecule has 0 radical (unpaired) electrons. The van der Waals surface area contributed by atoms with Crippen molar-refractivity contribution in [1.82, 2.24) is 13.9 Å². The summed E-state index contributed by atoms with van der Waals surface area (Å²) in [5.74, 6) is 1.59. The minimum absolute atomic E-state index is 0.113. The molecule has 1 aromatic heterocycles. The number of hydrogen-bond donors (Lipinski definition) is 0. The molecule has 3 heterocycles. The summed E-state index contributed by atoms with van der Waals surface area (Å²) < 4.78 is 35.3. The number of ether oxygens (including phenoxy) is 1. The van der Waals surface area contributed by atoms with E-state index in [1.54, 1.807) is 16.4 Å². The average molecular weight is 406 g/mol. The molecule has 0 spiro atoms. The quantitative estimate of drug-likeness (QED) is 0.780. The first-order valence-electron chi connectivity index (χ1n) is 10.4. The van der Waals surface area contributed by atoms with E-state index in [2.05, 4.69) is 25.3 Å². The van der Waals surface area contributed by atoms with Gasteiger partial charge in [0, 0.05) is 38.3 Å². The van der Waals surface area contributed by atoms with Crippen LogP contribution in [0.1, 0.15) is 52.3 Å². The molecule has 0 aliphatic carbocycles. The van der Waals surface area contributed by atoms with Crippen LogP contribution in [-0.2, 0) is 26.7 Å². The van der Waals surface area contributed by atoms with Crippen molar-refractivity contribution in [3.05, 3.63) is 24.0 Å². The summed E-state index contributed by atoms with van der Waals surface area (Å²) >= 11 is 0. The van der Waals surface area contributed by atoms with E-state index in [0.29, 0.717) is 23.9 Å². The summed E-state index contributed by atoms with van der Waals surface area (Å²) in [5.41, 5.74) is 1.69. The summed E-state index contributed by atoms with van der Waals surface area (Å²) in [6.07, 6.45) is 4.00. The Labute approximate surface area is 167 Å². The summed E-state index contributed by atoms with van der Waals surface area (Å²) in [4.78, 5) is 5.26. The van der Waals surface area contributed by atoms with Crippen LogP contribution < -0.4 is 0 Å². The standard InChI is InChI=1S/C21H31N3O3S/c1-21(2,3)20-22-18-14-17(28(25,26)23-10-4-5-11-23)6-7-19(18)24(20)15-16-8-12-27-13-9-16/h6-7,14,16H,4-5,8-13,15H2,1-3H3. The van der Waals surface area contributed by atoms with Crippen LogP contribution in [0.4, 0.5) is 0 Å². The largest absolute Gasteiger partial charge is 0.381 e. The lowest BCUT2D eigenvalue weighted by atomic mass is 9.94. The predicted molar refractivity (Wildman–Crippen MR) is 110 cm³/mol. The minimum Gasteiger partial charge on any atom is -0.381 e. The number of imidazole rings is 1. The fraction of sp³-hybridized carbons (Fsp3) is 0.667. The van der Waals surface area contributed by atoms with Gasteiger partial charge in [-0.3, -0.25) is 0 Å². The third kappa shape index (κ3) is 3.72. The molecular formula is C21H31N3O3S. The lowest BCUT2D eigenvalue weighted by Gasteiger charge is -2.26. The normalized spacial score (nSPS) is 20.2. The maximum atomic E-state index is 13.0. The molecule has 154 valence electrons. The van der Waals surface area contributed by atoms with Gasteiger partial charge in [0.05, 0.1) is 15.9 Å². The van der Waals surface area contributed by atoms with Crippen LogP contribution in [0, 0.1) is 5.92 Å². The highest BCUT2D eigenvalue weighted by molar-refractivity contribution is 7.89. The Morgan fingerprint density at radius 3 is 2.46 bits per heavy atom. The summed E-state index contributed by atoms with van der Waals surface area (Å²) in [5, 5.41) is 0. The molecule has 2 aliphatic rings. The van der Waals surface area contributed by atoms with Crippen molar-refractivity contribution < 1.29 is 13.2 Å². The number of nitrogens with zero attached hydrogens (tertiary/aromatic N) is 3. The maximum absolute atomic E-state index is 13.0. The van der Waals surface area contributed by atoms with Crippen LogP contribution in [0.3, 0.4) is 0 Å². The lowest BCUT2D eigenvalue weighted by Crippen LogP contribution is -2.27. The summed E-state index contributed by atoms with van der Waals surface area (Å²) in [6.45, 7) is 10.3. The molecule has 4 rings (SSSR count). The fourth-order valence-electron chi connectivity index (χ4n) is 4.29. The number of sulfonamides is 1. The number of fused-ring (bicyclic) bond motifs is 1. The van der Waals surface area contributed by atoms with Crippen molar-refractivity contribution in [2.24, 2.45) is 5.92 Å². The van der Waals surface area contributed by atoms with Gasteiger partial charge in [0.25, 0.3) is 0 Å². The zero-order chi connectivity index (χ0) is 19.9. The maximum Gasteiger partial charge on any atom is 0.243 e. The van der Waals surface area contributed by atoms with Crippen LogP contribution in [0.2, 0.25) is 0 Å². The second kappa shape index (κ2) is 7.43. The first-order valence-corrected chi connectivity index (χ1v) is 11.8. The molecule has 2 fully saturated rings. The molecule has 2 aromatic rings. The van der Waals surface area contributed by atoms with E-state index in [1.807, 2.05) is 6.07 Å². The highest BCUT2D eigenvalue weighted by atomic mass is 32.2. The Morgan fingerprint density at radius 2 is 1.82 bits per heavy atom. The smallest absolute Gasteiger partial charge is 0.243 e. The summed E-state index contributed by atoms with van der Waals surface area (Å²) in [7, 11) is -3.43. The van der Waals surface area contributed by atoms with E-state index in [-0.39, 0.29) is 5.41 Å². The van der Waals surface area contributed by atoms with Crippen molar-refractivity contribution in [2.75, 3.05) is 26.3 Å². The predicted octanol–water partition coefficient (Wildman–Crippen LogP) is 3.54. The van der Waals surface area contributed by atoms with Gasteiger partial charge in [0.2, 0.25) is 10.0 Å². The molecule has 0 bridgehead atoms. The van der Waals surface area contributed by atoms with E-state index >= 15 is 0 Å². The Hall–Kier alpha value is -1.44. The second-order valence-electron chi connectivity index (χ2n) is 9.11. The number of benzene rings is 1. The van der Waals surface area contributed by atoms with Gasteiger partial charge in [0.1, 0.15) is 5.82 Å². The molecule has 2 aliphatic heterocycles. The van der Waals surface area contributed by atoms with Crippen molar-refractivity contribution in [3.63, 3.8) is 0 Å². The van der Waals surface area contributed by atoms with Crippen LogP contribution in [-0.4, -0.2) is 48.6 Å². The van der Waals surface area contributed by atoms with Crippen LogP contribution in [0.15, 0.2) is 23.1 Å². The Bertz CT molecular complexity index is 947. The number of hydrogen-bond acceptors (Lipinski definition) is 4. The molecule has 28 heavy (non-hydrogen) atoms. The van der Waals surface area contributed by atoms with Gasteiger partial charge in [-0.1, -0.05) is 20.8 Å². The highest BCUT2D eigenvalue weighted by Crippen LogP contribution is 2.31. The highest BCUT2D eigenvalue weighted by Gasteiger charge is 2.29. The fourth-order valence-corrected chi connectivity index (χ4v) is 5.83. The van der Waals surface area contributed by atoms with Crippen molar-refractivity contribution in [2.45, 2.75) is 63.3 Å². The first-order chi connectivity index (χ1) is 13.3. The molecule has 0 amide bonds. The molecule has 0 unspecified atom stereocenters. The van der Waals surface area contributed by atoms with E-state index in [1.165, 1.54) is 0 Å². The first kappa shape index (κ1) is 19.9. The third-order valence-electron chi connectivity index (χ3n) is 5.87. The van der Waals surface area contributed by atoms with Crippen molar-refractivity contribution in [3.8, 4) is 0 Å². The zero-order valence-corrected chi connectivity index (χ0v) is 18.0. The molecule has 0 saturated carbocycles. The Morgan fingerprint density at radius 1 is 1.14 bits per heavy atom. The van der Waals surface area contributed by atoms with Gasteiger partial charge < -0.3 is 9.30 Å². The van der Waals surface area contributed by atoms with Gasteiger partial charge in [-0.15, -0.1) is 0 Å². The van der Waals surface area contributed by atoms with Gasteiger partial charge in [0.15, 0.2) is 0 Å². The van der Waals surface area contributed by atoms with E-state index < -0.39 is 10.0 Å². The average Bonchev–Trinajstić information content (AvgIpc) is 3.31. The topological polar surface area (TPSA) is 64.4 Å². The molecule has 0 N–H and O–H groups in total. The van der Waals surface area contributed by atoms with Gasteiger partial charge in [-0.05, 0) is 49.8 Å². The molecule has 0 atom stereocenters. The van der Waals surface area contributed by atoms with Crippen LogP contribution in [0.5, 0.6) is 0 Å². The Kier molecular flexibility index (Phi) is 5.27. The second-order valence-corrected chi connectivity index (χ2v) is 11.1. The number of aromatic nitrogens is 2. The van der Waals surface area contributed by atoms with Crippen LogP contribution >= 0.6 is 0 Å². The van der Waals surface area contributed by atoms with Gasteiger partial charge >= 0.3 is 0 Å². The molecule has 2 saturated heterocycles. The molecular weight excluding hydrogens is 374 g/mol. The monoisotopic (exact) mass is 405 g/mol. The third-order valence-corrected chi connectivity index (χ3v) is 7.77. The van der Waals surface area contributed by atoms with Gasteiger partial charge in [-0.25, -0.2) is 13.4 Å². The van der Waals surface area contributed by atoms with Crippen LogP contribution in [0.25, 0.3) is 11.0 Å². The SMILES string of the molecule is CC(C)(C)c1nc2cc(S(=O)(=O)N3CCCC3)ccc2n1CC1CCOCC1. The van der Waals surface area contributed by atoms with Crippen molar-refractivity contribution in [1.29, 1.82) is 0 Å². The minimum atomic E-state index is -3.43. The van der Waals surface area contributed by atoms with E-state index in [0.717, 1.165) is 62.3 Å². The van der Waals surface area contributed by atoms with Gasteiger partial charge in [-0.2, -0.15) is 4.31 Å². The Balaban J connectivity index is 1.75. The number of rotatable bonds is 4.